The molecule has 3 rings (SSSR count). The van der Waals surface area contributed by atoms with E-state index in [4.69, 9.17) is 0 Å². The first-order valence-electron chi connectivity index (χ1n) is 7.70. The Labute approximate surface area is 129 Å². The van der Waals surface area contributed by atoms with Gasteiger partial charge in [-0.1, -0.05) is 32.9 Å². The second-order valence-electron chi connectivity index (χ2n) is 5.35. The topological polar surface area (TPSA) is 17.1 Å². The molecule has 3 aromatic rings. The predicted molar refractivity (Wildman–Crippen MR) is 93.7 cm³/mol. The van der Waals surface area contributed by atoms with Gasteiger partial charge in [0.1, 0.15) is 0 Å². The third kappa shape index (κ3) is 2.18. The lowest BCUT2D eigenvalue weighted by molar-refractivity contribution is 0.994. The first-order valence-corrected chi connectivity index (χ1v) is 8.52. The van der Waals surface area contributed by atoms with Crippen LogP contribution in [0.15, 0.2) is 35.1 Å². The summed E-state index contributed by atoms with van der Waals surface area (Å²) in [5, 5.41) is 1.81. The molecule has 0 bridgehead atoms. The smallest absolute Gasteiger partial charge is 0.196 e. The number of hydrogen-bond donors (Lipinski definition) is 0. The van der Waals surface area contributed by atoms with Crippen molar-refractivity contribution in [2.24, 2.45) is 0 Å². The highest BCUT2D eigenvalue weighted by molar-refractivity contribution is 7.24. The lowest BCUT2D eigenvalue weighted by atomic mass is 9.92. The predicted octanol–water partition coefficient (Wildman–Crippen LogP) is 5.10. The van der Waals surface area contributed by atoms with E-state index in [1.165, 1.54) is 16.7 Å². The highest BCUT2D eigenvalue weighted by atomic mass is 32.1. The van der Waals surface area contributed by atoms with Gasteiger partial charge in [-0.25, -0.2) is 0 Å². The van der Waals surface area contributed by atoms with E-state index in [1.54, 1.807) is 11.3 Å². The van der Waals surface area contributed by atoms with Crippen LogP contribution in [0.3, 0.4) is 0 Å². The molecule has 0 radical (unpaired) electrons. The van der Waals surface area contributed by atoms with Crippen LogP contribution in [0.1, 0.15) is 37.5 Å². The van der Waals surface area contributed by atoms with Crippen molar-refractivity contribution < 1.29 is 0 Å². The van der Waals surface area contributed by atoms with Crippen LogP contribution in [0.5, 0.6) is 0 Å². The monoisotopic (exact) mass is 296 g/mol. The van der Waals surface area contributed by atoms with E-state index >= 15 is 0 Å². The largest absolute Gasteiger partial charge is 0.288 e. The zero-order chi connectivity index (χ0) is 15.0. The van der Waals surface area contributed by atoms with Gasteiger partial charge in [0.15, 0.2) is 5.43 Å². The van der Waals surface area contributed by atoms with E-state index in [-0.39, 0.29) is 5.43 Å². The minimum Gasteiger partial charge on any atom is -0.288 e. The van der Waals surface area contributed by atoms with Gasteiger partial charge in [0.25, 0.3) is 0 Å². The van der Waals surface area contributed by atoms with Crippen LogP contribution in [-0.2, 0) is 19.3 Å². The summed E-state index contributed by atoms with van der Waals surface area (Å²) in [5.41, 5.74) is 4.24. The Kier molecular flexibility index (Phi) is 3.81. The fraction of sp³-hybridized carbons (Fsp3) is 0.316. The lowest BCUT2D eigenvalue weighted by Crippen LogP contribution is -2.08. The van der Waals surface area contributed by atoms with Crippen LogP contribution >= 0.6 is 11.3 Å². The van der Waals surface area contributed by atoms with Crippen molar-refractivity contribution in [3.8, 4) is 0 Å². The Hall–Kier alpha value is -1.67. The minimum atomic E-state index is 0.202. The molecule has 0 N–H and O–H groups in total. The zero-order valence-corrected chi connectivity index (χ0v) is 13.6. The Bertz CT molecular complexity index is 874. The maximum atomic E-state index is 12.9. The Morgan fingerprint density at radius 2 is 1.62 bits per heavy atom. The van der Waals surface area contributed by atoms with Crippen molar-refractivity contribution in [1.82, 2.24) is 0 Å². The standard InChI is InChI=1S/C19H20OS/c1-4-12-11-17-18(14(6-3)13(12)5-2)19(20)15-9-7-8-10-16(15)21-17/h7-11H,4-6H2,1-3H3. The van der Waals surface area contributed by atoms with Crippen LogP contribution in [0.25, 0.3) is 20.2 Å². The number of fused-ring (bicyclic) bond motifs is 2. The average molecular weight is 296 g/mol. The van der Waals surface area contributed by atoms with E-state index in [2.05, 4.69) is 26.8 Å². The molecule has 0 aliphatic carbocycles. The number of hydrogen-bond acceptors (Lipinski definition) is 2. The van der Waals surface area contributed by atoms with Gasteiger partial charge < -0.3 is 0 Å². The van der Waals surface area contributed by atoms with Crippen molar-refractivity contribution >= 4 is 31.5 Å². The highest BCUT2D eigenvalue weighted by Crippen LogP contribution is 2.31. The molecule has 2 heteroatoms. The Morgan fingerprint density at radius 1 is 0.905 bits per heavy atom. The van der Waals surface area contributed by atoms with Gasteiger partial charge in [-0.3, -0.25) is 4.79 Å². The molecular formula is C19H20OS. The van der Waals surface area contributed by atoms with Gasteiger partial charge >= 0.3 is 0 Å². The quantitative estimate of drug-likeness (QED) is 0.614. The molecule has 0 atom stereocenters. The molecule has 1 aromatic heterocycles. The molecule has 0 saturated heterocycles. The highest BCUT2D eigenvalue weighted by Gasteiger charge is 2.15. The summed E-state index contributed by atoms with van der Waals surface area (Å²) < 4.78 is 2.23. The molecule has 21 heavy (non-hydrogen) atoms. The molecule has 1 heterocycles. The van der Waals surface area contributed by atoms with Crippen molar-refractivity contribution in [3.05, 3.63) is 57.2 Å². The molecule has 108 valence electrons. The fourth-order valence-corrected chi connectivity index (χ4v) is 4.46. The molecule has 0 aliphatic heterocycles. The molecule has 0 amide bonds. The van der Waals surface area contributed by atoms with Gasteiger partial charge in [-0.15, -0.1) is 11.3 Å². The van der Waals surface area contributed by atoms with Gasteiger partial charge in [-0.2, -0.15) is 0 Å². The SMILES string of the molecule is CCc1cc2sc3ccccc3c(=O)c2c(CC)c1CC. The molecule has 0 aliphatic rings. The summed E-state index contributed by atoms with van der Waals surface area (Å²) in [5.74, 6) is 0. The Morgan fingerprint density at radius 3 is 2.29 bits per heavy atom. The summed E-state index contributed by atoms with van der Waals surface area (Å²) in [6.07, 6.45) is 2.95. The fourth-order valence-electron chi connectivity index (χ4n) is 3.28. The van der Waals surface area contributed by atoms with Crippen molar-refractivity contribution in [2.75, 3.05) is 0 Å². The third-order valence-electron chi connectivity index (χ3n) is 4.27. The van der Waals surface area contributed by atoms with Gasteiger partial charge in [-0.05, 0) is 54.2 Å². The van der Waals surface area contributed by atoms with Crippen LogP contribution in [0, 0.1) is 0 Å². The molecule has 1 nitrogen and oxygen atoms in total. The molecule has 0 fully saturated rings. The summed E-state index contributed by atoms with van der Waals surface area (Å²) in [6.45, 7) is 6.55. The van der Waals surface area contributed by atoms with E-state index in [1.807, 2.05) is 24.3 Å². The first kappa shape index (κ1) is 14.3. The van der Waals surface area contributed by atoms with E-state index < -0.39 is 0 Å². The Balaban J connectivity index is 2.57. The van der Waals surface area contributed by atoms with Crippen LogP contribution in [0.4, 0.5) is 0 Å². The van der Waals surface area contributed by atoms with Gasteiger partial charge in [0.05, 0.1) is 0 Å². The van der Waals surface area contributed by atoms with Crippen LogP contribution in [0.2, 0.25) is 0 Å². The van der Waals surface area contributed by atoms with Crippen molar-refractivity contribution in [2.45, 2.75) is 40.0 Å². The molecule has 0 spiro atoms. The molecular weight excluding hydrogens is 276 g/mol. The number of aryl methyl sites for hydroxylation is 2. The second-order valence-corrected chi connectivity index (χ2v) is 6.44. The number of rotatable bonds is 3. The lowest BCUT2D eigenvalue weighted by Gasteiger charge is -2.15. The molecule has 0 saturated carbocycles. The summed E-state index contributed by atoms with van der Waals surface area (Å²) in [6, 6.07) is 10.2. The van der Waals surface area contributed by atoms with E-state index in [0.29, 0.717) is 0 Å². The van der Waals surface area contributed by atoms with Crippen LogP contribution < -0.4 is 5.43 Å². The van der Waals surface area contributed by atoms with Crippen molar-refractivity contribution in [3.63, 3.8) is 0 Å². The zero-order valence-electron chi connectivity index (χ0n) is 12.8. The summed E-state index contributed by atoms with van der Waals surface area (Å²) >= 11 is 1.74. The number of benzene rings is 2. The maximum absolute atomic E-state index is 12.9. The molecule has 0 unspecified atom stereocenters. The summed E-state index contributed by atoms with van der Waals surface area (Å²) in [4.78, 5) is 12.9. The second kappa shape index (κ2) is 5.61. The normalized spacial score (nSPS) is 11.4. The first-order chi connectivity index (χ1) is 10.2. The van der Waals surface area contributed by atoms with Crippen molar-refractivity contribution in [1.29, 1.82) is 0 Å². The van der Waals surface area contributed by atoms with Crippen LogP contribution in [-0.4, -0.2) is 0 Å². The minimum absolute atomic E-state index is 0.202. The molecule has 2 aromatic carbocycles. The van der Waals surface area contributed by atoms with Gasteiger partial charge in [0.2, 0.25) is 0 Å². The third-order valence-corrected chi connectivity index (χ3v) is 5.39. The summed E-state index contributed by atoms with van der Waals surface area (Å²) in [7, 11) is 0. The average Bonchev–Trinajstić information content (AvgIpc) is 2.53. The maximum Gasteiger partial charge on any atom is 0.196 e. The van der Waals surface area contributed by atoms with E-state index in [9.17, 15) is 4.79 Å². The van der Waals surface area contributed by atoms with E-state index in [0.717, 1.165) is 39.4 Å². The van der Waals surface area contributed by atoms with Gasteiger partial charge in [0, 0.05) is 20.2 Å².